The van der Waals surface area contributed by atoms with E-state index in [0.717, 1.165) is 5.56 Å². The van der Waals surface area contributed by atoms with E-state index < -0.39 is 44.5 Å². The van der Waals surface area contributed by atoms with E-state index in [1.165, 1.54) is 43.2 Å². The number of hydrogen-bond donors (Lipinski definition) is 2. The van der Waals surface area contributed by atoms with Crippen LogP contribution < -0.4 is 10.5 Å². The van der Waals surface area contributed by atoms with Gasteiger partial charge in [0.2, 0.25) is 15.7 Å². The van der Waals surface area contributed by atoms with Crippen molar-refractivity contribution in [3.05, 3.63) is 60.2 Å². The monoisotopic (exact) mass is 502 g/mol. The molecule has 2 aromatic rings. The van der Waals surface area contributed by atoms with Gasteiger partial charge in [0, 0.05) is 6.54 Å². The number of nitrogens with two attached hydrogens (primary N) is 1. The molecule has 2 aromatic carbocycles. The first-order valence-electron chi connectivity index (χ1n) is 11.6. The number of aliphatic carboxylic acids is 1. The van der Waals surface area contributed by atoms with Crippen LogP contribution in [0.4, 0.5) is 0 Å². The maximum atomic E-state index is 14.0. The summed E-state index contributed by atoms with van der Waals surface area (Å²) in [5, 5.41) is 8.34. The Kier molecular flexibility index (Phi) is 7.62. The van der Waals surface area contributed by atoms with E-state index in [1.807, 2.05) is 44.2 Å². The van der Waals surface area contributed by atoms with Gasteiger partial charge in [-0.15, -0.1) is 0 Å². The predicted octanol–water partition coefficient (Wildman–Crippen LogP) is 3.10. The molecule has 1 heterocycles. The first-order chi connectivity index (χ1) is 16.4. The summed E-state index contributed by atoms with van der Waals surface area (Å²) in [6.07, 6.45) is 0.0111. The molecule has 3 rings (SSSR count). The number of nitrogens with zero attached hydrogens (tertiary/aromatic N) is 1. The summed E-state index contributed by atoms with van der Waals surface area (Å²) in [6, 6.07) is 15.3. The lowest BCUT2D eigenvalue weighted by Gasteiger charge is -2.40. The van der Waals surface area contributed by atoms with Crippen LogP contribution in [-0.4, -0.2) is 54.9 Å². The Bertz CT molecular complexity index is 1160. The molecule has 0 bridgehead atoms. The Morgan fingerprint density at radius 3 is 2.26 bits per heavy atom. The van der Waals surface area contributed by atoms with Crippen LogP contribution >= 0.6 is 0 Å². The molecule has 1 aliphatic heterocycles. The molecule has 1 fully saturated rings. The van der Waals surface area contributed by atoms with Gasteiger partial charge in [-0.05, 0) is 55.5 Å². The standard InChI is InChI=1S/C26H34N2O6S/c1-18(2)16-26(17-22(29)30)23(31)28(15-14-19-8-6-5-7-9-19)24(25(26,3)27)35(32,33)21-12-10-20(34-4)11-13-21/h5-13,18,24H,14-17,27H2,1-4H3,(H,29,30). The van der Waals surface area contributed by atoms with Crippen molar-refractivity contribution in [1.82, 2.24) is 4.90 Å². The maximum Gasteiger partial charge on any atom is 0.304 e. The number of hydrogen-bond acceptors (Lipinski definition) is 6. The summed E-state index contributed by atoms with van der Waals surface area (Å²) >= 11 is 0. The molecule has 3 N–H and O–H groups in total. The van der Waals surface area contributed by atoms with Crippen molar-refractivity contribution < 1.29 is 27.9 Å². The topological polar surface area (TPSA) is 127 Å². The normalized spacial score (nSPS) is 24.7. The first kappa shape index (κ1) is 26.7. The van der Waals surface area contributed by atoms with Crippen molar-refractivity contribution in [1.29, 1.82) is 0 Å². The van der Waals surface area contributed by atoms with Crippen LogP contribution in [-0.2, 0) is 25.8 Å². The maximum absolute atomic E-state index is 14.0. The quantitative estimate of drug-likeness (QED) is 0.511. The molecule has 3 atom stereocenters. The lowest BCUT2D eigenvalue weighted by Crippen LogP contribution is -2.61. The molecule has 0 saturated carbocycles. The zero-order valence-corrected chi connectivity index (χ0v) is 21.4. The molecule has 0 aliphatic carbocycles. The molecule has 0 aromatic heterocycles. The number of carbonyl (C=O) groups is 2. The van der Waals surface area contributed by atoms with Crippen molar-refractivity contribution in [2.75, 3.05) is 13.7 Å². The average Bonchev–Trinajstić information content (AvgIpc) is 2.95. The number of rotatable bonds is 10. The lowest BCUT2D eigenvalue weighted by atomic mass is 9.66. The predicted molar refractivity (Wildman–Crippen MR) is 133 cm³/mol. The highest BCUT2D eigenvalue weighted by molar-refractivity contribution is 7.92. The number of ether oxygens (including phenoxy) is 1. The molecular weight excluding hydrogens is 468 g/mol. The molecule has 1 aliphatic rings. The van der Waals surface area contributed by atoms with E-state index >= 15 is 0 Å². The Balaban J connectivity index is 2.16. The van der Waals surface area contributed by atoms with Crippen molar-refractivity contribution >= 4 is 21.7 Å². The summed E-state index contributed by atoms with van der Waals surface area (Å²) in [4.78, 5) is 27.3. The zero-order chi connectivity index (χ0) is 26.0. The minimum absolute atomic E-state index is 0.00634. The molecule has 35 heavy (non-hydrogen) atoms. The first-order valence-corrected chi connectivity index (χ1v) is 13.1. The Morgan fingerprint density at radius 2 is 1.74 bits per heavy atom. The van der Waals surface area contributed by atoms with E-state index in [9.17, 15) is 23.1 Å². The van der Waals surface area contributed by atoms with Gasteiger partial charge in [-0.25, -0.2) is 8.42 Å². The van der Waals surface area contributed by atoms with Gasteiger partial charge in [0.15, 0.2) is 5.37 Å². The second kappa shape index (κ2) is 9.99. The highest BCUT2D eigenvalue weighted by atomic mass is 32.2. The molecule has 1 amide bonds. The highest BCUT2D eigenvalue weighted by Crippen LogP contribution is 2.52. The summed E-state index contributed by atoms with van der Waals surface area (Å²) in [5.74, 6) is -1.32. The number of carboxylic acids is 1. The number of amides is 1. The lowest BCUT2D eigenvalue weighted by molar-refractivity contribution is -0.149. The minimum Gasteiger partial charge on any atom is -0.497 e. The summed E-state index contributed by atoms with van der Waals surface area (Å²) in [7, 11) is -2.69. The van der Waals surface area contributed by atoms with Crippen LogP contribution in [0.1, 0.15) is 39.2 Å². The van der Waals surface area contributed by atoms with Gasteiger partial charge in [-0.3, -0.25) is 9.59 Å². The summed E-state index contributed by atoms with van der Waals surface area (Å²) in [6.45, 7) is 5.33. The van der Waals surface area contributed by atoms with E-state index in [2.05, 4.69) is 0 Å². The molecule has 1 saturated heterocycles. The molecule has 190 valence electrons. The van der Waals surface area contributed by atoms with Crippen LogP contribution in [0.25, 0.3) is 0 Å². The van der Waals surface area contributed by atoms with E-state index in [-0.39, 0.29) is 23.8 Å². The molecular formula is C26H34N2O6S. The zero-order valence-electron chi connectivity index (χ0n) is 20.6. The highest BCUT2D eigenvalue weighted by Gasteiger charge is 2.68. The summed E-state index contributed by atoms with van der Waals surface area (Å²) < 4.78 is 33.2. The van der Waals surface area contributed by atoms with Gasteiger partial charge in [-0.2, -0.15) is 0 Å². The molecule has 9 heteroatoms. The molecule has 8 nitrogen and oxygen atoms in total. The van der Waals surface area contributed by atoms with Gasteiger partial charge in [0.05, 0.1) is 29.4 Å². The Hall–Kier alpha value is -2.91. The number of likely N-dealkylation sites (tertiary alicyclic amines) is 1. The number of carboxylic acid groups (broad SMARTS) is 1. The second-order valence-electron chi connectivity index (χ2n) is 9.84. The fourth-order valence-corrected chi connectivity index (χ4v) is 7.45. The third-order valence-electron chi connectivity index (χ3n) is 6.87. The van der Waals surface area contributed by atoms with Gasteiger partial charge >= 0.3 is 5.97 Å². The Labute approximate surface area is 207 Å². The number of carbonyl (C=O) groups excluding carboxylic acids is 1. The van der Waals surface area contributed by atoms with Crippen LogP contribution in [0.5, 0.6) is 5.75 Å². The third-order valence-corrected chi connectivity index (χ3v) is 9.13. The minimum atomic E-state index is -4.17. The number of sulfone groups is 1. The van der Waals surface area contributed by atoms with E-state index in [4.69, 9.17) is 10.5 Å². The van der Waals surface area contributed by atoms with Crippen molar-refractivity contribution in [3.63, 3.8) is 0 Å². The largest absolute Gasteiger partial charge is 0.497 e. The fraction of sp³-hybridized carbons (Fsp3) is 0.462. The van der Waals surface area contributed by atoms with E-state index in [0.29, 0.717) is 12.2 Å². The van der Waals surface area contributed by atoms with Crippen LogP contribution in [0.2, 0.25) is 0 Å². The fourth-order valence-electron chi connectivity index (χ4n) is 5.27. The van der Waals surface area contributed by atoms with E-state index in [1.54, 1.807) is 0 Å². The van der Waals surface area contributed by atoms with Gasteiger partial charge in [-0.1, -0.05) is 44.2 Å². The van der Waals surface area contributed by atoms with Gasteiger partial charge < -0.3 is 20.5 Å². The van der Waals surface area contributed by atoms with Crippen molar-refractivity contribution in [3.8, 4) is 5.75 Å². The third kappa shape index (κ3) is 4.92. The van der Waals surface area contributed by atoms with Crippen molar-refractivity contribution in [2.24, 2.45) is 17.1 Å². The number of methoxy groups -OCH3 is 1. The van der Waals surface area contributed by atoms with Crippen LogP contribution in [0.3, 0.4) is 0 Å². The smallest absolute Gasteiger partial charge is 0.304 e. The van der Waals surface area contributed by atoms with Crippen LogP contribution in [0, 0.1) is 11.3 Å². The van der Waals surface area contributed by atoms with Crippen molar-refractivity contribution in [2.45, 2.75) is 55.8 Å². The molecule has 3 unspecified atom stereocenters. The molecule has 0 radical (unpaired) electrons. The summed E-state index contributed by atoms with van der Waals surface area (Å²) in [5.41, 5.74) is 4.49. The molecule has 0 spiro atoms. The SMILES string of the molecule is COc1ccc(S(=O)(=O)C2N(CCc3ccccc3)C(=O)C(CC(=O)O)(CC(C)C)C2(C)N)cc1. The Morgan fingerprint density at radius 1 is 1.14 bits per heavy atom. The van der Waals surface area contributed by atoms with Crippen LogP contribution in [0.15, 0.2) is 59.5 Å². The number of benzene rings is 2. The van der Waals surface area contributed by atoms with Gasteiger partial charge in [0.1, 0.15) is 5.75 Å². The average molecular weight is 503 g/mol. The van der Waals surface area contributed by atoms with Gasteiger partial charge in [0.25, 0.3) is 0 Å². The second-order valence-corrected chi connectivity index (χ2v) is 11.8.